The number of methoxy groups -OCH3 is 1. The van der Waals surface area contributed by atoms with Crippen LogP contribution in [0.4, 0.5) is 0 Å². The number of fused-ring (bicyclic) bond motifs is 1. The number of carbonyl (C=O) groups is 1. The van der Waals surface area contributed by atoms with Crippen LogP contribution in [-0.2, 0) is 17.8 Å². The molecule has 1 aliphatic carbocycles. The van der Waals surface area contributed by atoms with Gasteiger partial charge in [-0.1, -0.05) is 59.6 Å². The molecule has 4 N–H and O–H groups in total. The van der Waals surface area contributed by atoms with Crippen molar-refractivity contribution in [2.45, 2.75) is 63.8 Å². The lowest BCUT2D eigenvalue weighted by atomic mass is 9.86. The maximum atomic E-state index is 11.6. The lowest BCUT2D eigenvalue weighted by Crippen LogP contribution is -2.38. The number of aliphatic hydroxyl groups excluding tert-OH is 1. The number of benzene rings is 2. The van der Waals surface area contributed by atoms with E-state index in [-0.39, 0.29) is 18.0 Å². The van der Waals surface area contributed by atoms with Gasteiger partial charge in [0.15, 0.2) is 0 Å². The molecule has 3 atom stereocenters. The van der Waals surface area contributed by atoms with Gasteiger partial charge in [0.25, 0.3) is 0 Å². The third-order valence-electron chi connectivity index (χ3n) is 8.77. The minimum absolute atomic E-state index is 0.143. The molecule has 1 saturated heterocycles. The summed E-state index contributed by atoms with van der Waals surface area (Å²) in [6.45, 7) is 3.50. The van der Waals surface area contributed by atoms with E-state index in [0.29, 0.717) is 46.8 Å². The van der Waals surface area contributed by atoms with E-state index in [2.05, 4.69) is 34.1 Å². The van der Waals surface area contributed by atoms with Gasteiger partial charge in [0, 0.05) is 72.2 Å². The lowest BCUT2D eigenvalue weighted by Gasteiger charge is -2.28. The first kappa shape index (κ1) is 32.4. The Morgan fingerprint density at radius 1 is 1.04 bits per heavy atom. The normalized spacial score (nSPS) is 18.2. The fraction of sp³-hybridized carbons (Fsp3) is 0.361. The van der Waals surface area contributed by atoms with E-state index in [1.165, 1.54) is 11.1 Å². The number of nitrogens with zero attached hydrogens (tertiary/aromatic N) is 2. The molecule has 0 spiro atoms. The molecule has 46 heavy (non-hydrogen) atoms. The third kappa shape index (κ3) is 7.06. The Kier molecular flexibility index (Phi) is 10.2. The Morgan fingerprint density at radius 3 is 2.65 bits per heavy atom. The van der Waals surface area contributed by atoms with Crippen molar-refractivity contribution in [3.63, 3.8) is 0 Å². The molecule has 1 fully saturated rings. The predicted molar refractivity (Wildman–Crippen MR) is 183 cm³/mol. The SMILES string of the molecule is COc1nc(-c2cccc(-c3ccnc(-c4ccc5c(c4)CCC[C@@H]5NC[C@H]4CCC(=O)N4)c3Cl)c2Cl)ccc1CNC[C@H](C)O. The molecule has 4 aromatic rings. The fourth-order valence-corrected chi connectivity index (χ4v) is 7.07. The van der Waals surface area contributed by atoms with Gasteiger partial charge in [0.2, 0.25) is 11.8 Å². The molecule has 3 heterocycles. The van der Waals surface area contributed by atoms with Gasteiger partial charge < -0.3 is 25.8 Å². The Hall–Kier alpha value is -3.53. The predicted octanol–water partition coefficient (Wildman–Crippen LogP) is 6.51. The first-order valence-electron chi connectivity index (χ1n) is 15.8. The Bertz CT molecular complexity index is 1730. The molecule has 2 aliphatic rings. The summed E-state index contributed by atoms with van der Waals surface area (Å²) in [5, 5.41) is 20.6. The highest BCUT2D eigenvalue weighted by atomic mass is 35.5. The second kappa shape index (κ2) is 14.5. The van der Waals surface area contributed by atoms with Crippen molar-refractivity contribution in [3.05, 3.63) is 87.5 Å². The fourth-order valence-electron chi connectivity index (χ4n) is 6.43. The van der Waals surface area contributed by atoms with Gasteiger partial charge in [0.1, 0.15) is 0 Å². The third-order valence-corrected chi connectivity index (χ3v) is 9.56. The lowest BCUT2D eigenvalue weighted by molar-refractivity contribution is -0.119. The molecule has 240 valence electrons. The molecule has 6 rings (SSSR count). The zero-order chi connectivity index (χ0) is 32.2. The number of rotatable bonds is 11. The average molecular weight is 661 g/mol. The highest BCUT2D eigenvalue weighted by Crippen LogP contribution is 2.42. The summed E-state index contributed by atoms with van der Waals surface area (Å²) in [5.74, 6) is 0.640. The summed E-state index contributed by atoms with van der Waals surface area (Å²) in [7, 11) is 1.59. The number of amides is 1. The van der Waals surface area contributed by atoms with Crippen molar-refractivity contribution in [3.8, 4) is 39.5 Å². The van der Waals surface area contributed by atoms with E-state index in [1.807, 2.05) is 36.4 Å². The second-order valence-corrected chi connectivity index (χ2v) is 12.9. The van der Waals surface area contributed by atoms with Gasteiger partial charge >= 0.3 is 0 Å². The number of aromatic nitrogens is 2. The monoisotopic (exact) mass is 659 g/mol. The Morgan fingerprint density at radius 2 is 1.87 bits per heavy atom. The van der Waals surface area contributed by atoms with Gasteiger partial charge in [-0.15, -0.1) is 0 Å². The van der Waals surface area contributed by atoms with Gasteiger partial charge in [-0.25, -0.2) is 4.98 Å². The van der Waals surface area contributed by atoms with Crippen molar-refractivity contribution in [1.82, 2.24) is 25.9 Å². The van der Waals surface area contributed by atoms with E-state index in [9.17, 15) is 9.90 Å². The molecular weight excluding hydrogens is 621 g/mol. The zero-order valence-electron chi connectivity index (χ0n) is 26.1. The number of aryl methyl sites for hydroxylation is 1. The van der Waals surface area contributed by atoms with Crippen molar-refractivity contribution >= 4 is 29.1 Å². The van der Waals surface area contributed by atoms with Crippen molar-refractivity contribution in [1.29, 1.82) is 0 Å². The van der Waals surface area contributed by atoms with Crippen LogP contribution in [0.1, 0.15) is 55.3 Å². The molecule has 1 aliphatic heterocycles. The minimum atomic E-state index is -0.443. The van der Waals surface area contributed by atoms with Crippen LogP contribution >= 0.6 is 23.2 Å². The van der Waals surface area contributed by atoms with E-state index >= 15 is 0 Å². The van der Waals surface area contributed by atoms with Crippen LogP contribution < -0.4 is 20.7 Å². The first-order chi connectivity index (χ1) is 22.3. The number of aliphatic hydroxyl groups is 1. The van der Waals surface area contributed by atoms with Crippen LogP contribution in [0.3, 0.4) is 0 Å². The summed E-state index contributed by atoms with van der Waals surface area (Å²) < 4.78 is 5.59. The highest BCUT2D eigenvalue weighted by molar-refractivity contribution is 6.39. The van der Waals surface area contributed by atoms with Crippen LogP contribution in [0, 0.1) is 0 Å². The smallest absolute Gasteiger partial charge is 0.220 e. The molecule has 0 unspecified atom stereocenters. The van der Waals surface area contributed by atoms with Crippen LogP contribution in [0.2, 0.25) is 10.0 Å². The van der Waals surface area contributed by atoms with Crippen LogP contribution in [0.25, 0.3) is 33.6 Å². The zero-order valence-corrected chi connectivity index (χ0v) is 27.6. The summed E-state index contributed by atoms with van der Waals surface area (Å²) in [6.07, 6.45) is 5.99. The van der Waals surface area contributed by atoms with Crippen molar-refractivity contribution < 1.29 is 14.6 Å². The summed E-state index contributed by atoms with van der Waals surface area (Å²) >= 11 is 14.2. The quantitative estimate of drug-likeness (QED) is 0.145. The van der Waals surface area contributed by atoms with Gasteiger partial charge in [-0.2, -0.15) is 0 Å². The largest absolute Gasteiger partial charge is 0.481 e. The number of carbonyl (C=O) groups excluding carboxylic acids is 1. The Balaban J connectivity index is 1.26. The van der Waals surface area contributed by atoms with E-state index < -0.39 is 6.10 Å². The number of hydrogen-bond acceptors (Lipinski definition) is 7. The standard InChI is InChI=1S/C36H39Cl2N5O3/c1-21(44)18-39-19-24-10-13-31(43-36(24)46-2)29-7-4-6-27(33(29)37)28-15-16-40-35(34(28)38)23-9-12-26-22(17-23)5-3-8-30(26)41-20-25-11-14-32(45)42-25/h4,6-7,9-10,12-13,15-17,21,25,30,39,41,44H,3,5,8,11,14,18-20H2,1-2H3,(H,42,45)/t21-,25+,30-/m0/s1. The van der Waals surface area contributed by atoms with Crippen LogP contribution in [0.5, 0.6) is 5.88 Å². The topological polar surface area (TPSA) is 108 Å². The maximum Gasteiger partial charge on any atom is 0.220 e. The summed E-state index contributed by atoms with van der Waals surface area (Å²) in [4.78, 5) is 21.1. The number of pyridine rings is 2. The minimum Gasteiger partial charge on any atom is -0.481 e. The molecule has 0 saturated carbocycles. The number of ether oxygens (including phenoxy) is 1. The molecular formula is C36H39Cl2N5O3. The van der Waals surface area contributed by atoms with Gasteiger partial charge in [0.05, 0.1) is 34.6 Å². The van der Waals surface area contributed by atoms with Crippen LogP contribution in [0.15, 0.2) is 60.8 Å². The van der Waals surface area contributed by atoms with Gasteiger partial charge in [-0.05, 0) is 61.9 Å². The number of halogens is 2. The number of nitrogens with one attached hydrogen (secondary N) is 3. The van der Waals surface area contributed by atoms with E-state index in [1.54, 1.807) is 20.2 Å². The molecule has 8 nitrogen and oxygen atoms in total. The molecule has 1 amide bonds. The second-order valence-electron chi connectivity index (χ2n) is 12.1. The van der Waals surface area contributed by atoms with E-state index in [4.69, 9.17) is 37.9 Å². The van der Waals surface area contributed by atoms with Gasteiger partial charge in [-0.3, -0.25) is 9.78 Å². The Labute approximate surface area is 279 Å². The van der Waals surface area contributed by atoms with E-state index in [0.717, 1.165) is 60.0 Å². The molecule has 0 radical (unpaired) electrons. The average Bonchev–Trinajstić information content (AvgIpc) is 3.48. The van der Waals surface area contributed by atoms with Crippen molar-refractivity contribution in [2.24, 2.45) is 0 Å². The first-order valence-corrected chi connectivity index (χ1v) is 16.6. The molecule has 0 bridgehead atoms. The summed E-state index contributed by atoms with van der Waals surface area (Å²) in [5.41, 5.74) is 8.18. The van der Waals surface area contributed by atoms with Crippen molar-refractivity contribution in [2.75, 3.05) is 20.2 Å². The maximum absolute atomic E-state index is 11.6. The molecule has 10 heteroatoms. The van der Waals surface area contributed by atoms with Crippen LogP contribution in [-0.4, -0.2) is 53.3 Å². The number of hydrogen-bond donors (Lipinski definition) is 4. The highest BCUT2D eigenvalue weighted by Gasteiger charge is 2.25. The summed E-state index contributed by atoms with van der Waals surface area (Å²) in [6, 6.07) is 18.6. The molecule has 2 aromatic heterocycles. The molecule has 2 aromatic carbocycles.